The highest BCUT2D eigenvalue weighted by Gasteiger charge is 2.20. The molecule has 0 aromatic heterocycles. The Morgan fingerprint density at radius 1 is 1.38 bits per heavy atom. The highest BCUT2D eigenvalue weighted by molar-refractivity contribution is 5.94. The number of rotatable bonds is 8. The maximum atomic E-state index is 12.0. The molecule has 0 radical (unpaired) electrons. The van der Waals surface area contributed by atoms with Gasteiger partial charge in [0.15, 0.2) is 6.61 Å². The molecule has 21 heavy (non-hydrogen) atoms. The lowest BCUT2D eigenvalue weighted by atomic mass is 10.0. The van der Waals surface area contributed by atoms with E-state index in [1.807, 2.05) is 6.92 Å². The second-order valence-electron chi connectivity index (χ2n) is 5.14. The van der Waals surface area contributed by atoms with E-state index in [0.717, 1.165) is 6.42 Å². The van der Waals surface area contributed by atoms with Crippen molar-refractivity contribution < 1.29 is 24.5 Å². The number of amides is 1. The van der Waals surface area contributed by atoms with Gasteiger partial charge in [0.05, 0.1) is 5.60 Å². The van der Waals surface area contributed by atoms with Crippen LogP contribution in [0.3, 0.4) is 0 Å². The van der Waals surface area contributed by atoms with E-state index in [1.165, 1.54) is 6.07 Å². The fourth-order valence-corrected chi connectivity index (χ4v) is 1.87. The van der Waals surface area contributed by atoms with Crippen LogP contribution in [0.5, 0.6) is 5.75 Å². The number of aliphatic carboxylic acids is 1. The Kier molecular flexibility index (Phi) is 6.17. The van der Waals surface area contributed by atoms with Crippen molar-refractivity contribution in [1.82, 2.24) is 5.32 Å². The first kappa shape index (κ1) is 17.0. The van der Waals surface area contributed by atoms with Gasteiger partial charge >= 0.3 is 5.97 Å². The van der Waals surface area contributed by atoms with E-state index >= 15 is 0 Å². The largest absolute Gasteiger partial charge is 0.482 e. The van der Waals surface area contributed by atoms with E-state index in [1.54, 1.807) is 25.1 Å². The standard InChI is InChI=1S/C15H21NO5/c1-3-7-15(2,20)10-16-14(19)11-5-4-6-12(8-11)21-9-13(17)18/h4-6,8,20H,3,7,9-10H2,1-2H3,(H,16,19)(H,17,18). The minimum atomic E-state index is -1.08. The van der Waals surface area contributed by atoms with Crippen molar-refractivity contribution in [1.29, 1.82) is 0 Å². The maximum Gasteiger partial charge on any atom is 0.341 e. The SMILES string of the molecule is CCCC(C)(O)CNC(=O)c1cccc(OCC(=O)O)c1. The molecule has 0 aliphatic heterocycles. The number of benzene rings is 1. The van der Waals surface area contributed by atoms with Gasteiger partial charge in [-0.3, -0.25) is 4.79 Å². The van der Waals surface area contributed by atoms with Crippen molar-refractivity contribution in [3.63, 3.8) is 0 Å². The Balaban J connectivity index is 2.62. The molecule has 0 aliphatic carbocycles. The molecule has 6 heteroatoms. The van der Waals surface area contributed by atoms with Gasteiger partial charge < -0.3 is 20.3 Å². The number of carboxylic acid groups (broad SMARTS) is 1. The Bertz CT molecular complexity index is 499. The molecular weight excluding hydrogens is 274 g/mol. The van der Waals surface area contributed by atoms with E-state index in [9.17, 15) is 14.7 Å². The van der Waals surface area contributed by atoms with Crippen LogP contribution in [-0.4, -0.2) is 40.8 Å². The minimum absolute atomic E-state index is 0.153. The third kappa shape index (κ3) is 6.27. The van der Waals surface area contributed by atoms with Crippen molar-refractivity contribution in [3.8, 4) is 5.75 Å². The van der Waals surface area contributed by atoms with Gasteiger partial charge in [-0.25, -0.2) is 4.79 Å². The van der Waals surface area contributed by atoms with Gasteiger partial charge in [0, 0.05) is 12.1 Å². The fraction of sp³-hybridized carbons (Fsp3) is 0.467. The van der Waals surface area contributed by atoms with Gasteiger partial charge in [-0.1, -0.05) is 19.4 Å². The number of carboxylic acids is 1. The van der Waals surface area contributed by atoms with Gasteiger partial charge in [0.25, 0.3) is 5.91 Å². The van der Waals surface area contributed by atoms with Crippen LogP contribution < -0.4 is 10.1 Å². The predicted molar refractivity (Wildman–Crippen MR) is 77.4 cm³/mol. The quantitative estimate of drug-likeness (QED) is 0.674. The molecule has 0 heterocycles. The van der Waals surface area contributed by atoms with E-state index in [4.69, 9.17) is 9.84 Å². The number of carbonyl (C=O) groups excluding carboxylic acids is 1. The summed E-state index contributed by atoms with van der Waals surface area (Å²) >= 11 is 0. The predicted octanol–water partition coefficient (Wildman–Crippen LogP) is 1.43. The topological polar surface area (TPSA) is 95.9 Å². The number of aliphatic hydroxyl groups is 1. The molecule has 3 N–H and O–H groups in total. The van der Waals surface area contributed by atoms with Crippen molar-refractivity contribution in [2.75, 3.05) is 13.2 Å². The summed E-state index contributed by atoms with van der Waals surface area (Å²) in [7, 11) is 0. The molecular formula is C15H21NO5. The zero-order valence-electron chi connectivity index (χ0n) is 12.3. The Hall–Kier alpha value is -2.08. The molecule has 0 saturated heterocycles. The molecule has 1 aromatic carbocycles. The average molecular weight is 295 g/mol. The molecule has 116 valence electrons. The summed E-state index contributed by atoms with van der Waals surface area (Å²) in [4.78, 5) is 22.4. The number of hydrogen-bond donors (Lipinski definition) is 3. The zero-order valence-corrected chi connectivity index (χ0v) is 12.3. The van der Waals surface area contributed by atoms with Crippen molar-refractivity contribution in [2.24, 2.45) is 0 Å². The first-order valence-corrected chi connectivity index (χ1v) is 6.79. The lowest BCUT2D eigenvalue weighted by molar-refractivity contribution is -0.139. The zero-order chi connectivity index (χ0) is 15.9. The Morgan fingerprint density at radius 2 is 2.10 bits per heavy atom. The minimum Gasteiger partial charge on any atom is -0.482 e. The third-order valence-electron chi connectivity index (χ3n) is 2.88. The van der Waals surface area contributed by atoms with Gasteiger partial charge in [-0.05, 0) is 31.5 Å². The molecule has 1 rings (SSSR count). The van der Waals surface area contributed by atoms with Crippen LogP contribution in [0.1, 0.15) is 37.0 Å². The molecule has 1 atom stereocenters. The van der Waals surface area contributed by atoms with E-state index in [-0.39, 0.29) is 12.5 Å². The second kappa shape index (κ2) is 7.64. The molecule has 0 fully saturated rings. The molecule has 1 unspecified atom stereocenters. The highest BCUT2D eigenvalue weighted by atomic mass is 16.5. The number of ether oxygens (including phenoxy) is 1. The van der Waals surface area contributed by atoms with Gasteiger partial charge in [-0.15, -0.1) is 0 Å². The molecule has 0 spiro atoms. The number of hydrogen-bond acceptors (Lipinski definition) is 4. The summed E-state index contributed by atoms with van der Waals surface area (Å²) in [5.74, 6) is -1.11. The summed E-state index contributed by atoms with van der Waals surface area (Å²) in [6, 6.07) is 6.24. The first-order valence-electron chi connectivity index (χ1n) is 6.79. The van der Waals surface area contributed by atoms with E-state index in [0.29, 0.717) is 17.7 Å². The summed E-state index contributed by atoms with van der Waals surface area (Å²) in [5.41, 5.74) is -0.591. The van der Waals surface area contributed by atoms with Crippen molar-refractivity contribution in [3.05, 3.63) is 29.8 Å². The van der Waals surface area contributed by atoms with Gasteiger partial charge in [-0.2, -0.15) is 0 Å². The molecule has 1 aromatic rings. The van der Waals surface area contributed by atoms with Crippen LogP contribution in [-0.2, 0) is 4.79 Å². The summed E-state index contributed by atoms with van der Waals surface area (Å²) in [5, 5.41) is 21.2. The second-order valence-corrected chi connectivity index (χ2v) is 5.14. The molecule has 0 aliphatic rings. The summed E-state index contributed by atoms with van der Waals surface area (Å²) < 4.78 is 5.01. The normalized spacial score (nSPS) is 13.3. The molecule has 6 nitrogen and oxygen atoms in total. The van der Waals surface area contributed by atoms with Gasteiger partial charge in [0.1, 0.15) is 5.75 Å². The number of nitrogens with one attached hydrogen (secondary N) is 1. The van der Waals surface area contributed by atoms with Crippen LogP contribution in [0.4, 0.5) is 0 Å². The smallest absolute Gasteiger partial charge is 0.341 e. The Morgan fingerprint density at radius 3 is 2.71 bits per heavy atom. The van der Waals surface area contributed by atoms with Crippen LogP contribution in [0.25, 0.3) is 0 Å². The van der Waals surface area contributed by atoms with Crippen LogP contribution in [0.2, 0.25) is 0 Å². The summed E-state index contributed by atoms with van der Waals surface area (Å²) in [6.45, 7) is 3.32. The average Bonchev–Trinajstić information content (AvgIpc) is 2.43. The summed E-state index contributed by atoms with van der Waals surface area (Å²) in [6.07, 6.45) is 1.41. The lowest BCUT2D eigenvalue weighted by Gasteiger charge is -2.22. The van der Waals surface area contributed by atoms with E-state index < -0.39 is 18.2 Å². The first-order chi connectivity index (χ1) is 9.84. The fourth-order valence-electron chi connectivity index (χ4n) is 1.87. The Labute approximate surface area is 123 Å². The van der Waals surface area contributed by atoms with Crippen molar-refractivity contribution in [2.45, 2.75) is 32.3 Å². The number of carbonyl (C=O) groups is 2. The lowest BCUT2D eigenvalue weighted by Crippen LogP contribution is -2.40. The molecule has 0 bridgehead atoms. The molecule has 0 saturated carbocycles. The maximum absolute atomic E-state index is 12.0. The monoisotopic (exact) mass is 295 g/mol. The van der Waals surface area contributed by atoms with E-state index in [2.05, 4.69) is 5.32 Å². The van der Waals surface area contributed by atoms with Gasteiger partial charge in [0.2, 0.25) is 0 Å². The van der Waals surface area contributed by atoms with Crippen LogP contribution >= 0.6 is 0 Å². The molecule has 1 amide bonds. The van der Waals surface area contributed by atoms with Crippen molar-refractivity contribution >= 4 is 11.9 Å². The van der Waals surface area contributed by atoms with Crippen LogP contribution in [0, 0.1) is 0 Å². The third-order valence-corrected chi connectivity index (χ3v) is 2.88. The highest BCUT2D eigenvalue weighted by Crippen LogP contribution is 2.14. The van der Waals surface area contributed by atoms with Crippen LogP contribution in [0.15, 0.2) is 24.3 Å².